The van der Waals surface area contributed by atoms with E-state index in [0.717, 1.165) is 16.7 Å². The lowest BCUT2D eigenvalue weighted by molar-refractivity contribution is 0.152. The van der Waals surface area contributed by atoms with E-state index >= 15 is 0 Å². The second kappa shape index (κ2) is 5.04. The molecule has 0 amide bonds. The van der Waals surface area contributed by atoms with Crippen molar-refractivity contribution in [3.05, 3.63) is 27.8 Å². The number of rotatable bonds is 3. The molecule has 0 aliphatic heterocycles. The smallest absolute Gasteiger partial charge is 0.140 e. The zero-order valence-electron chi connectivity index (χ0n) is 10.0. The van der Waals surface area contributed by atoms with Gasteiger partial charge in [-0.2, -0.15) is 0 Å². The summed E-state index contributed by atoms with van der Waals surface area (Å²) in [7, 11) is 1.58. The molecule has 0 spiro atoms. The molecule has 2 atom stereocenters. The van der Waals surface area contributed by atoms with Gasteiger partial charge in [0.15, 0.2) is 0 Å². The van der Waals surface area contributed by atoms with Gasteiger partial charge in [-0.25, -0.2) is 0 Å². The minimum absolute atomic E-state index is 0.331. The Morgan fingerprint density at radius 2 is 2.00 bits per heavy atom. The average molecular weight is 244 g/mol. The number of ether oxygens (including phenoxy) is 1. The Kier molecular flexibility index (Phi) is 4.19. The van der Waals surface area contributed by atoms with Crippen molar-refractivity contribution in [2.75, 3.05) is 7.11 Å². The van der Waals surface area contributed by atoms with E-state index in [-0.39, 0.29) is 6.04 Å². The summed E-state index contributed by atoms with van der Waals surface area (Å²) in [6.07, 6.45) is -0.706. The molecule has 4 heteroatoms. The minimum atomic E-state index is -0.706. The van der Waals surface area contributed by atoms with Crippen LogP contribution in [0.3, 0.4) is 0 Å². The van der Waals surface area contributed by atoms with Crippen molar-refractivity contribution in [2.45, 2.75) is 32.9 Å². The van der Waals surface area contributed by atoms with Crippen molar-refractivity contribution in [1.29, 1.82) is 0 Å². The maximum Gasteiger partial charge on any atom is 0.140 e. The van der Waals surface area contributed by atoms with Gasteiger partial charge in [0.25, 0.3) is 0 Å². The van der Waals surface area contributed by atoms with Crippen molar-refractivity contribution in [1.82, 2.24) is 0 Å². The summed E-state index contributed by atoms with van der Waals surface area (Å²) in [5, 5.41) is 10.5. The summed E-state index contributed by atoms with van der Waals surface area (Å²) in [4.78, 5) is 0. The van der Waals surface area contributed by atoms with E-state index in [1.165, 1.54) is 0 Å². The molecule has 0 fully saturated rings. The van der Waals surface area contributed by atoms with E-state index in [9.17, 15) is 5.11 Å². The first-order valence-electron chi connectivity index (χ1n) is 5.17. The Hall–Kier alpha value is -0.770. The zero-order chi connectivity index (χ0) is 12.5. The molecule has 1 rings (SSSR count). The molecule has 0 heterocycles. The van der Waals surface area contributed by atoms with Gasteiger partial charge in [0, 0.05) is 6.04 Å². The van der Waals surface area contributed by atoms with Gasteiger partial charge >= 0.3 is 0 Å². The molecular formula is C12H18ClNO2. The quantitative estimate of drug-likeness (QED) is 0.857. The van der Waals surface area contributed by atoms with Crippen molar-refractivity contribution in [3.8, 4) is 5.75 Å². The maximum absolute atomic E-state index is 9.97. The van der Waals surface area contributed by atoms with Gasteiger partial charge in [-0.05, 0) is 43.5 Å². The van der Waals surface area contributed by atoms with Crippen LogP contribution in [0.1, 0.15) is 29.7 Å². The number of benzene rings is 1. The monoisotopic (exact) mass is 243 g/mol. The van der Waals surface area contributed by atoms with Gasteiger partial charge in [0.05, 0.1) is 18.2 Å². The van der Waals surface area contributed by atoms with Crippen LogP contribution in [0.15, 0.2) is 6.07 Å². The number of aliphatic hydroxyl groups is 1. The van der Waals surface area contributed by atoms with Crippen LogP contribution in [0.25, 0.3) is 0 Å². The van der Waals surface area contributed by atoms with Crippen LogP contribution in [-0.2, 0) is 0 Å². The molecule has 2 unspecified atom stereocenters. The highest BCUT2D eigenvalue weighted by Crippen LogP contribution is 2.36. The molecule has 16 heavy (non-hydrogen) atoms. The van der Waals surface area contributed by atoms with E-state index in [0.29, 0.717) is 10.8 Å². The van der Waals surface area contributed by atoms with Crippen LogP contribution in [0.5, 0.6) is 5.75 Å². The Bertz CT molecular complexity index is 391. The third-order valence-corrected chi connectivity index (χ3v) is 3.17. The van der Waals surface area contributed by atoms with Crippen molar-refractivity contribution in [3.63, 3.8) is 0 Å². The molecule has 3 nitrogen and oxygen atoms in total. The van der Waals surface area contributed by atoms with Gasteiger partial charge in [-0.3, -0.25) is 0 Å². The fourth-order valence-electron chi connectivity index (χ4n) is 1.72. The topological polar surface area (TPSA) is 55.5 Å². The Morgan fingerprint density at radius 3 is 2.44 bits per heavy atom. The van der Waals surface area contributed by atoms with E-state index in [4.69, 9.17) is 22.1 Å². The third kappa shape index (κ3) is 2.32. The summed E-state index contributed by atoms with van der Waals surface area (Å²) < 4.78 is 5.21. The number of halogens is 1. The maximum atomic E-state index is 9.97. The standard InChI is InChI=1S/C12H18ClNO2/c1-6-5-9(11(15)8(3)14)7(2)10(13)12(6)16-4/h5,8,11,15H,14H2,1-4H3. The number of aryl methyl sites for hydroxylation is 1. The summed E-state index contributed by atoms with van der Waals surface area (Å²) in [6, 6.07) is 1.54. The van der Waals surface area contributed by atoms with Crippen molar-refractivity contribution < 1.29 is 9.84 Å². The number of hydrogen-bond donors (Lipinski definition) is 2. The summed E-state index contributed by atoms with van der Waals surface area (Å²) in [6.45, 7) is 5.50. The SMILES string of the molecule is COc1c(C)cc(C(O)C(C)N)c(C)c1Cl. The molecular weight excluding hydrogens is 226 g/mol. The first kappa shape index (κ1) is 13.3. The summed E-state index contributed by atoms with van der Waals surface area (Å²) in [5.41, 5.74) is 8.16. The van der Waals surface area contributed by atoms with Crippen LogP contribution < -0.4 is 10.5 Å². The van der Waals surface area contributed by atoms with Gasteiger partial charge in [0.1, 0.15) is 5.75 Å². The molecule has 1 aromatic rings. The highest BCUT2D eigenvalue weighted by atomic mass is 35.5. The summed E-state index contributed by atoms with van der Waals surface area (Å²) >= 11 is 6.18. The lowest BCUT2D eigenvalue weighted by Crippen LogP contribution is -2.25. The number of nitrogens with two attached hydrogens (primary N) is 1. The fraction of sp³-hybridized carbons (Fsp3) is 0.500. The minimum Gasteiger partial charge on any atom is -0.495 e. The molecule has 0 bridgehead atoms. The Labute approximate surface area is 101 Å². The second-order valence-corrected chi connectivity index (χ2v) is 4.44. The average Bonchev–Trinajstić information content (AvgIpc) is 2.23. The van der Waals surface area contributed by atoms with Crippen molar-refractivity contribution >= 4 is 11.6 Å². The fourth-order valence-corrected chi connectivity index (χ4v) is 2.05. The zero-order valence-corrected chi connectivity index (χ0v) is 10.8. The van der Waals surface area contributed by atoms with Crippen LogP contribution in [0.4, 0.5) is 0 Å². The first-order chi connectivity index (χ1) is 7.40. The van der Waals surface area contributed by atoms with Crippen LogP contribution >= 0.6 is 11.6 Å². The summed E-state index contributed by atoms with van der Waals surface area (Å²) in [5.74, 6) is 0.653. The predicted molar refractivity (Wildman–Crippen MR) is 66.1 cm³/mol. The van der Waals surface area contributed by atoms with E-state index in [1.807, 2.05) is 19.9 Å². The molecule has 0 aromatic heterocycles. The van der Waals surface area contributed by atoms with Crippen LogP contribution in [-0.4, -0.2) is 18.3 Å². The van der Waals surface area contributed by atoms with Gasteiger partial charge < -0.3 is 15.6 Å². The highest BCUT2D eigenvalue weighted by Gasteiger charge is 2.19. The van der Waals surface area contributed by atoms with Crippen LogP contribution in [0.2, 0.25) is 5.02 Å². The molecule has 0 aliphatic rings. The number of aliphatic hydroxyl groups excluding tert-OH is 1. The number of hydrogen-bond acceptors (Lipinski definition) is 3. The third-order valence-electron chi connectivity index (χ3n) is 2.71. The normalized spacial score (nSPS) is 14.7. The highest BCUT2D eigenvalue weighted by molar-refractivity contribution is 6.33. The van der Waals surface area contributed by atoms with E-state index in [2.05, 4.69) is 0 Å². The lowest BCUT2D eigenvalue weighted by atomic mass is 9.96. The number of methoxy groups -OCH3 is 1. The van der Waals surface area contributed by atoms with Gasteiger partial charge in [-0.15, -0.1) is 0 Å². The van der Waals surface area contributed by atoms with Crippen molar-refractivity contribution in [2.24, 2.45) is 5.73 Å². The largest absolute Gasteiger partial charge is 0.495 e. The van der Waals surface area contributed by atoms with E-state index < -0.39 is 6.10 Å². The molecule has 1 aromatic carbocycles. The second-order valence-electron chi connectivity index (χ2n) is 4.06. The Balaban J connectivity index is 3.34. The first-order valence-corrected chi connectivity index (χ1v) is 5.55. The van der Waals surface area contributed by atoms with Gasteiger partial charge in [0.2, 0.25) is 0 Å². The molecule has 0 saturated carbocycles. The lowest BCUT2D eigenvalue weighted by Gasteiger charge is -2.20. The Morgan fingerprint density at radius 1 is 1.44 bits per heavy atom. The molecule has 0 aliphatic carbocycles. The molecule has 3 N–H and O–H groups in total. The molecule has 0 radical (unpaired) electrons. The van der Waals surface area contributed by atoms with Crippen LogP contribution in [0, 0.1) is 13.8 Å². The predicted octanol–water partition coefficient (Wildman–Crippen LogP) is 2.35. The molecule has 0 saturated heterocycles. The van der Waals surface area contributed by atoms with E-state index in [1.54, 1.807) is 14.0 Å². The van der Waals surface area contributed by atoms with Gasteiger partial charge in [-0.1, -0.05) is 11.6 Å². The molecule has 90 valence electrons.